The summed E-state index contributed by atoms with van der Waals surface area (Å²) in [6, 6.07) is 9.89. The zero-order valence-electron chi connectivity index (χ0n) is 19.4. The summed E-state index contributed by atoms with van der Waals surface area (Å²) in [6.07, 6.45) is 2.64. The fourth-order valence-corrected chi connectivity index (χ4v) is 4.30. The van der Waals surface area contributed by atoms with Crippen molar-refractivity contribution in [2.75, 3.05) is 39.4 Å². The first-order valence-corrected chi connectivity index (χ1v) is 11.9. The van der Waals surface area contributed by atoms with E-state index in [1.54, 1.807) is 6.26 Å². The lowest BCUT2D eigenvalue weighted by molar-refractivity contribution is 0.0376. The summed E-state index contributed by atoms with van der Waals surface area (Å²) >= 11 is 5.72. The van der Waals surface area contributed by atoms with Crippen LogP contribution in [0.5, 0.6) is 0 Å². The number of morpholine rings is 1. The number of ether oxygens (including phenoxy) is 1. The number of fused-ring (bicyclic) bond motifs is 1. The number of aryl methyl sites for hydroxylation is 2. The lowest BCUT2D eigenvalue weighted by Crippen LogP contribution is -2.42. The number of aromatic amines is 1. The number of pyridine rings is 1. The Morgan fingerprint density at radius 2 is 1.97 bits per heavy atom. The Morgan fingerprint density at radius 1 is 1.18 bits per heavy atom. The third-order valence-corrected chi connectivity index (χ3v) is 6.54. The van der Waals surface area contributed by atoms with Gasteiger partial charge in [0, 0.05) is 30.7 Å². The van der Waals surface area contributed by atoms with Crippen LogP contribution in [-0.4, -0.2) is 59.3 Å². The van der Waals surface area contributed by atoms with Gasteiger partial charge in [-0.15, -0.1) is 0 Å². The molecular formula is C25H32N4O3S. The Kier molecular flexibility index (Phi) is 7.80. The SMILES string of the molecule is Cc1cc2cc(CN(Cc3ccco3)C(=S)NCCCN3CCOCC3)c(=O)[nH]c2cc1C. The van der Waals surface area contributed by atoms with Gasteiger partial charge in [-0.1, -0.05) is 0 Å². The summed E-state index contributed by atoms with van der Waals surface area (Å²) < 4.78 is 11.0. The molecule has 0 amide bonds. The van der Waals surface area contributed by atoms with E-state index in [4.69, 9.17) is 21.4 Å². The molecule has 3 aromatic rings. The van der Waals surface area contributed by atoms with Gasteiger partial charge in [-0.25, -0.2) is 0 Å². The number of nitrogens with zero attached hydrogens (tertiary/aromatic N) is 2. The molecule has 3 heterocycles. The predicted molar refractivity (Wildman–Crippen MR) is 134 cm³/mol. The number of hydrogen-bond donors (Lipinski definition) is 2. The standard InChI is InChI=1S/C25H32N4O3S/c1-18-13-20-15-21(24(30)27-23(20)14-19(18)2)16-29(17-22-5-3-10-32-22)25(33)26-6-4-7-28-8-11-31-12-9-28/h3,5,10,13-15H,4,6-9,11-12,16-17H2,1-2H3,(H,26,33)(H,27,30). The van der Waals surface area contributed by atoms with Gasteiger partial charge in [0.25, 0.3) is 5.56 Å². The van der Waals surface area contributed by atoms with Gasteiger partial charge in [-0.05, 0) is 85.9 Å². The van der Waals surface area contributed by atoms with E-state index in [1.165, 1.54) is 5.56 Å². The number of thiocarbonyl (C=S) groups is 1. The van der Waals surface area contributed by atoms with E-state index in [-0.39, 0.29) is 5.56 Å². The molecule has 2 aromatic heterocycles. The Bertz CT molecular complexity index is 1140. The summed E-state index contributed by atoms with van der Waals surface area (Å²) in [5.41, 5.74) is 3.80. The van der Waals surface area contributed by atoms with Crippen molar-refractivity contribution in [1.82, 2.24) is 20.1 Å². The Hall–Kier alpha value is -2.68. The minimum absolute atomic E-state index is 0.0923. The third kappa shape index (κ3) is 6.22. The summed E-state index contributed by atoms with van der Waals surface area (Å²) in [5, 5.41) is 5.02. The molecule has 0 unspecified atom stereocenters. The van der Waals surface area contributed by atoms with Gasteiger partial charge in [-0.3, -0.25) is 9.69 Å². The highest BCUT2D eigenvalue weighted by atomic mass is 32.1. The molecule has 1 aliphatic heterocycles. The van der Waals surface area contributed by atoms with Crippen LogP contribution in [0, 0.1) is 13.8 Å². The topological polar surface area (TPSA) is 73.7 Å². The van der Waals surface area contributed by atoms with Crippen LogP contribution in [-0.2, 0) is 17.8 Å². The highest BCUT2D eigenvalue weighted by Gasteiger charge is 2.16. The number of aromatic nitrogens is 1. The van der Waals surface area contributed by atoms with Crippen molar-refractivity contribution < 1.29 is 9.15 Å². The number of hydrogen-bond acceptors (Lipinski definition) is 5. The Morgan fingerprint density at radius 3 is 2.73 bits per heavy atom. The molecule has 0 bridgehead atoms. The molecule has 33 heavy (non-hydrogen) atoms. The van der Waals surface area contributed by atoms with Crippen molar-refractivity contribution in [2.24, 2.45) is 0 Å². The fourth-order valence-electron chi connectivity index (χ4n) is 4.07. The van der Waals surface area contributed by atoms with Crippen molar-refractivity contribution in [2.45, 2.75) is 33.4 Å². The smallest absolute Gasteiger partial charge is 0.253 e. The van der Waals surface area contributed by atoms with Crippen molar-refractivity contribution in [3.8, 4) is 0 Å². The molecule has 2 N–H and O–H groups in total. The van der Waals surface area contributed by atoms with Crippen LogP contribution in [0.3, 0.4) is 0 Å². The molecule has 4 rings (SSSR count). The second kappa shape index (κ2) is 11.0. The molecule has 0 radical (unpaired) electrons. The molecule has 1 aliphatic rings. The summed E-state index contributed by atoms with van der Waals surface area (Å²) in [7, 11) is 0. The van der Waals surface area contributed by atoms with E-state index < -0.39 is 0 Å². The molecule has 0 spiro atoms. The average molecular weight is 469 g/mol. The monoisotopic (exact) mass is 468 g/mol. The van der Waals surface area contributed by atoms with E-state index in [0.717, 1.165) is 68.0 Å². The minimum atomic E-state index is -0.0923. The highest BCUT2D eigenvalue weighted by Crippen LogP contribution is 2.18. The summed E-state index contributed by atoms with van der Waals surface area (Å²) in [5.74, 6) is 0.802. The van der Waals surface area contributed by atoms with Crippen LogP contribution in [0.25, 0.3) is 10.9 Å². The van der Waals surface area contributed by atoms with Gasteiger partial charge in [0.15, 0.2) is 5.11 Å². The van der Waals surface area contributed by atoms with E-state index in [0.29, 0.717) is 23.8 Å². The van der Waals surface area contributed by atoms with Crippen molar-refractivity contribution in [3.63, 3.8) is 0 Å². The molecule has 8 heteroatoms. The maximum Gasteiger partial charge on any atom is 0.253 e. The van der Waals surface area contributed by atoms with Crippen LogP contribution < -0.4 is 10.9 Å². The van der Waals surface area contributed by atoms with E-state index in [2.05, 4.69) is 35.1 Å². The Labute approximate surface area is 199 Å². The van der Waals surface area contributed by atoms with Gasteiger partial charge in [0.2, 0.25) is 0 Å². The lowest BCUT2D eigenvalue weighted by Gasteiger charge is -2.27. The Balaban J connectivity index is 1.45. The number of nitrogens with one attached hydrogen (secondary N) is 2. The van der Waals surface area contributed by atoms with Crippen LogP contribution in [0.4, 0.5) is 0 Å². The predicted octanol–water partition coefficient (Wildman–Crippen LogP) is 3.34. The van der Waals surface area contributed by atoms with Crippen molar-refractivity contribution in [3.05, 3.63) is 69.4 Å². The number of rotatable bonds is 8. The second-order valence-corrected chi connectivity index (χ2v) is 9.01. The van der Waals surface area contributed by atoms with Crippen LogP contribution in [0.1, 0.15) is 28.9 Å². The quantitative estimate of drug-likeness (QED) is 0.388. The molecule has 176 valence electrons. The molecule has 0 aliphatic carbocycles. The van der Waals surface area contributed by atoms with Gasteiger partial charge >= 0.3 is 0 Å². The van der Waals surface area contributed by atoms with E-state index in [1.807, 2.05) is 29.2 Å². The largest absolute Gasteiger partial charge is 0.467 e. The summed E-state index contributed by atoms with van der Waals surface area (Å²) in [6.45, 7) is 10.4. The molecule has 1 saturated heterocycles. The third-order valence-electron chi connectivity index (χ3n) is 6.14. The second-order valence-electron chi connectivity index (χ2n) is 8.62. The number of furan rings is 1. The van der Waals surface area contributed by atoms with Gasteiger partial charge in [-0.2, -0.15) is 0 Å². The number of H-pyrrole nitrogens is 1. The summed E-state index contributed by atoms with van der Waals surface area (Å²) in [4.78, 5) is 20.3. The maximum absolute atomic E-state index is 12.8. The van der Waals surface area contributed by atoms with Crippen LogP contribution in [0.15, 0.2) is 45.8 Å². The molecule has 7 nitrogen and oxygen atoms in total. The highest BCUT2D eigenvalue weighted by molar-refractivity contribution is 7.80. The van der Waals surface area contributed by atoms with Crippen LogP contribution in [0.2, 0.25) is 0 Å². The molecular weight excluding hydrogens is 436 g/mol. The fraction of sp³-hybridized carbons (Fsp3) is 0.440. The molecule has 0 saturated carbocycles. The molecule has 1 aromatic carbocycles. The minimum Gasteiger partial charge on any atom is -0.467 e. The van der Waals surface area contributed by atoms with Crippen molar-refractivity contribution in [1.29, 1.82) is 0 Å². The zero-order chi connectivity index (χ0) is 23.2. The normalized spacial score (nSPS) is 14.5. The maximum atomic E-state index is 12.8. The van der Waals surface area contributed by atoms with Gasteiger partial charge in [0.05, 0.1) is 32.6 Å². The first kappa shape index (κ1) is 23.5. The van der Waals surface area contributed by atoms with Gasteiger partial charge < -0.3 is 24.4 Å². The first-order chi connectivity index (χ1) is 16.0. The van der Waals surface area contributed by atoms with Crippen molar-refractivity contribution >= 4 is 28.2 Å². The van der Waals surface area contributed by atoms with Gasteiger partial charge in [0.1, 0.15) is 5.76 Å². The zero-order valence-corrected chi connectivity index (χ0v) is 20.2. The average Bonchev–Trinajstić information content (AvgIpc) is 3.32. The molecule has 0 atom stereocenters. The van der Waals surface area contributed by atoms with Crippen LogP contribution >= 0.6 is 12.2 Å². The molecule has 1 fully saturated rings. The van der Waals surface area contributed by atoms with E-state index in [9.17, 15) is 4.79 Å². The van der Waals surface area contributed by atoms with E-state index >= 15 is 0 Å². The lowest BCUT2D eigenvalue weighted by atomic mass is 10.0. The number of benzene rings is 1. The first-order valence-electron chi connectivity index (χ1n) is 11.5.